The van der Waals surface area contributed by atoms with Crippen molar-refractivity contribution in [1.29, 1.82) is 0 Å². The number of rotatable bonds is 15. The molecular formula is C19H38N2O5. The topological polar surface area (TPSA) is 99.9 Å². The molecule has 26 heavy (non-hydrogen) atoms. The zero-order valence-electron chi connectivity index (χ0n) is 17.4. The molecule has 1 atom stereocenters. The van der Waals surface area contributed by atoms with Gasteiger partial charge in [0, 0.05) is 38.8 Å². The van der Waals surface area contributed by atoms with Crippen LogP contribution in [0.15, 0.2) is 0 Å². The van der Waals surface area contributed by atoms with E-state index in [0.29, 0.717) is 45.8 Å². The number of nitrogens with one attached hydrogen (secondary N) is 1. The number of ketones is 1. The zero-order chi connectivity index (χ0) is 20.2. The highest BCUT2D eigenvalue weighted by Crippen LogP contribution is 2.17. The summed E-state index contributed by atoms with van der Waals surface area (Å²) in [6.07, 6.45) is 1.73. The highest BCUT2D eigenvalue weighted by atomic mass is 16.5. The van der Waals surface area contributed by atoms with E-state index >= 15 is 0 Å². The Kier molecular flexibility index (Phi) is 11.9. The number of hydrogen-bond donors (Lipinski definition) is 2. The standard InChI is InChI=1S/C19H38N2O5/c1-15(2)17(23)7-11-24-12-8-18(4,5)25-13-9-19(6,20)26-14-10-21-16(3)22/h15H,7-14,20H2,1-6H3,(H,21,22). The van der Waals surface area contributed by atoms with Crippen LogP contribution in [-0.2, 0) is 23.8 Å². The Morgan fingerprint density at radius 2 is 1.65 bits per heavy atom. The van der Waals surface area contributed by atoms with Crippen molar-refractivity contribution < 1.29 is 23.8 Å². The van der Waals surface area contributed by atoms with E-state index in [4.69, 9.17) is 19.9 Å². The van der Waals surface area contributed by atoms with E-state index in [1.165, 1.54) is 6.92 Å². The minimum absolute atomic E-state index is 0.0596. The van der Waals surface area contributed by atoms with Gasteiger partial charge in [-0.25, -0.2) is 0 Å². The first-order valence-corrected chi connectivity index (χ1v) is 9.37. The second-order valence-corrected chi connectivity index (χ2v) is 7.74. The maximum Gasteiger partial charge on any atom is 0.216 e. The molecule has 0 aromatic heterocycles. The summed E-state index contributed by atoms with van der Waals surface area (Å²) in [7, 11) is 0. The Hall–Kier alpha value is -1.02. The fourth-order valence-electron chi connectivity index (χ4n) is 2.07. The molecule has 0 bridgehead atoms. The van der Waals surface area contributed by atoms with Crippen LogP contribution in [0.4, 0.5) is 0 Å². The lowest BCUT2D eigenvalue weighted by atomic mass is 10.1. The number of Topliss-reactive ketones (excluding diaryl/α,β-unsaturated/α-hetero) is 1. The first-order valence-electron chi connectivity index (χ1n) is 9.37. The Labute approximate surface area is 158 Å². The Bertz CT molecular complexity index is 422. The third kappa shape index (κ3) is 14.2. The van der Waals surface area contributed by atoms with E-state index in [1.807, 2.05) is 27.7 Å². The average molecular weight is 375 g/mol. The fraction of sp³-hybridized carbons (Fsp3) is 0.895. The summed E-state index contributed by atoms with van der Waals surface area (Å²) in [4.78, 5) is 22.3. The highest BCUT2D eigenvalue weighted by Gasteiger charge is 2.23. The molecule has 0 saturated carbocycles. The van der Waals surface area contributed by atoms with Crippen LogP contribution in [0.5, 0.6) is 0 Å². The Balaban J connectivity index is 3.87. The summed E-state index contributed by atoms with van der Waals surface area (Å²) < 4.78 is 17.0. The van der Waals surface area contributed by atoms with Gasteiger partial charge in [0.1, 0.15) is 11.5 Å². The van der Waals surface area contributed by atoms with Gasteiger partial charge in [-0.2, -0.15) is 0 Å². The van der Waals surface area contributed by atoms with Crippen molar-refractivity contribution in [2.45, 2.75) is 72.1 Å². The molecule has 0 aliphatic rings. The lowest BCUT2D eigenvalue weighted by Crippen LogP contribution is -2.43. The fourth-order valence-corrected chi connectivity index (χ4v) is 2.07. The van der Waals surface area contributed by atoms with E-state index in [2.05, 4.69) is 5.32 Å². The van der Waals surface area contributed by atoms with Gasteiger partial charge in [-0.05, 0) is 27.2 Å². The molecule has 3 N–H and O–H groups in total. The van der Waals surface area contributed by atoms with Crippen molar-refractivity contribution in [3.05, 3.63) is 0 Å². The van der Waals surface area contributed by atoms with Crippen LogP contribution in [0.1, 0.15) is 60.8 Å². The molecule has 0 aliphatic carbocycles. The van der Waals surface area contributed by atoms with Gasteiger partial charge in [0.2, 0.25) is 5.91 Å². The lowest BCUT2D eigenvalue weighted by Gasteiger charge is -2.29. The minimum Gasteiger partial charge on any atom is -0.381 e. The number of amides is 1. The molecule has 0 saturated heterocycles. The van der Waals surface area contributed by atoms with E-state index in [1.54, 1.807) is 6.92 Å². The van der Waals surface area contributed by atoms with Crippen LogP contribution in [0, 0.1) is 5.92 Å². The van der Waals surface area contributed by atoms with Crippen LogP contribution in [0.3, 0.4) is 0 Å². The summed E-state index contributed by atoms with van der Waals surface area (Å²) in [6.45, 7) is 13.3. The molecule has 154 valence electrons. The summed E-state index contributed by atoms with van der Waals surface area (Å²) in [5.41, 5.74) is 4.94. The van der Waals surface area contributed by atoms with Gasteiger partial charge in [-0.1, -0.05) is 13.8 Å². The van der Waals surface area contributed by atoms with Crippen molar-refractivity contribution in [3.63, 3.8) is 0 Å². The summed E-state index contributed by atoms with van der Waals surface area (Å²) in [5.74, 6) is 0.193. The van der Waals surface area contributed by atoms with Crippen molar-refractivity contribution in [3.8, 4) is 0 Å². The van der Waals surface area contributed by atoms with Gasteiger partial charge in [0.15, 0.2) is 0 Å². The molecule has 0 aliphatic heterocycles. The number of carbonyl (C=O) groups is 2. The van der Waals surface area contributed by atoms with Crippen LogP contribution >= 0.6 is 0 Å². The number of carbonyl (C=O) groups excluding carboxylic acids is 2. The quantitative estimate of drug-likeness (QED) is 0.336. The number of ether oxygens (including phenoxy) is 3. The average Bonchev–Trinajstić information content (AvgIpc) is 2.50. The predicted molar refractivity (Wildman–Crippen MR) is 102 cm³/mol. The first kappa shape index (κ1) is 25.0. The van der Waals surface area contributed by atoms with E-state index in [9.17, 15) is 9.59 Å². The van der Waals surface area contributed by atoms with E-state index in [-0.39, 0.29) is 23.2 Å². The smallest absolute Gasteiger partial charge is 0.216 e. The molecule has 7 heteroatoms. The Morgan fingerprint density at radius 1 is 1.00 bits per heavy atom. The van der Waals surface area contributed by atoms with Gasteiger partial charge in [-0.3, -0.25) is 9.59 Å². The maximum absolute atomic E-state index is 11.5. The number of hydrogen-bond acceptors (Lipinski definition) is 6. The molecule has 7 nitrogen and oxygen atoms in total. The second-order valence-electron chi connectivity index (χ2n) is 7.74. The minimum atomic E-state index is -0.803. The summed E-state index contributed by atoms with van der Waals surface area (Å²) in [6, 6.07) is 0. The Morgan fingerprint density at radius 3 is 2.23 bits per heavy atom. The molecule has 0 heterocycles. The maximum atomic E-state index is 11.5. The van der Waals surface area contributed by atoms with Crippen molar-refractivity contribution in [2.75, 3.05) is 33.0 Å². The second kappa shape index (κ2) is 12.4. The van der Waals surface area contributed by atoms with Gasteiger partial charge in [0.05, 0.1) is 25.4 Å². The largest absolute Gasteiger partial charge is 0.381 e. The molecular weight excluding hydrogens is 336 g/mol. The van der Waals surface area contributed by atoms with Gasteiger partial charge in [0.25, 0.3) is 0 Å². The summed E-state index contributed by atoms with van der Waals surface area (Å²) in [5, 5.41) is 2.66. The van der Waals surface area contributed by atoms with Crippen LogP contribution < -0.4 is 11.1 Å². The molecule has 0 aromatic rings. The third-order valence-corrected chi connectivity index (χ3v) is 3.98. The molecule has 0 spiro atoms. The predicted octanol–water partition coefficient (Wildman–Crippen LogP) is 2.02. The van der Waals surface area contributed by atoms with Gasteiger partial charge in [-0.15, -0.1) is 0 Å². The molecule has 0 fully saturated rings. The molecule has 1 unspecified atom stereocenters. The zero-order valence-corrected chi connectivity index (χ0v) is 17.4. The van der Waals surface area contributed by atoms with Crippen molar-refractivity contribution in [1.82, 2.24) is 5.32 Å². The van der Waals surface area contributed by atoms with Gasteiger partial charge >= 0.3 is 0 Å². The molecule has 0 rings (SSSR count). The lowest BCUT2D eigenvalue weighted by molar-refractivity contribution is -0.123. The van der Waals surface area contributed by atoms with E-state index < -0.39 is 5.72 Å². The van der Waals surface area contributed by atoms with E-state index in [0.717, 1.165) is 6.42 Å². The number of nitrogens with two attached hydrogens (primary N) is 1. The van der Waals surface area contributed by atoms with Crippen LogP contribution in [-0.4, -0.2) is 56.0 Å². The normalized spacial score (nSPS) is 14.3. The third-order valence-electron chi connectivity index (χ3n) is 3.98. The molecule has 0 radical (unpaired) electrons. The first-order chi connectivity index (χ1) is 12.0. The van der Waals surface area contributed by atoms with Crippen molar-refractivity contribution in [2.24, 2.45) is 11.7 Å². The van der Waals surface area contributed by atoms with Crippen LogP contribution in [0.25, 0.3) is 0 Å². The van der Waals surface area contributed by atoms with Crippen LogP contribution in [0.2, 0.25) is 0 Å². The molecule has 1 amide bonds. The van der Waals surface area contributed by atoms with Crippen molar-refractivity contribution >= 4 is 11.7 Å². The van der Waals surface area contributed by atoms with Gasteiger partial charge < -0.3 is 25.3 Å². The highest BCUT2D eigenvalue weighted by molar-refractivity contribution is 5.80. The summed E-state index contributed by atoms with van der Waals surface area (Å²) >= 11 is 0. The monoisotopic (exact) mass is 374 g/mol. The SMILES string of the molecule is CC(=O)NCCOC(C)(N)CCOC(C)(C)CCOCCC(=O)C(C)C. The molecule has 0 aromatic carbocycles.